The van der Waals surface area contributed by atoms with E-state index in [1.165, 1.54) is 36.8 Å². The highest BCUT2D eigenvalue weighted by molar-refractivity contribution is 5.42. The number of aryl methyl sites for hydroxylation is 2. The molecule has 4 heteroatoms. The Balaban J connectivity index is 1.65. The molecule has 2 aliphatic rings. The molecule has 0 unspecified atom stereocenters. The van der Waals surface area contributed by atoms with Crippen LogP contribution in [0, 0.1) is 26.2 Å². The van der Waals surface area contributed by atoms with Gasteiger partial charge in [-0.15, -0.1) is 0 Å². The third kappa shape index (κ3) is 5.24. The van der Waals surface area contributed by atoms with Crippen LogP contribution in [0.2, 0.25) is 0 Å². The van der Waals surface area contributed by atoms with Crippen LogP contribution in [0.3, 0.4) is 0 Å². The first-order valence-corrected chi connectivity index (χ1v) is 10.4. The Morgan fingerprint density at radius 2 is 1.89 bits per heavy atom. The van der Waals surface area contributed by atoms with Gasteiger partial charge in [-0.1, -0.05) is 19.9 Å². The van der Waals surface area contributed by atoms with E-state index in [1.54, 1.807) is 0 Å². The molecular weight excluding hydrogens is 338 g/mol. The van der Waals surface area contributed by atoms with Crippen LogP contribution in [0.5, 0.6) is 5.75 Å². The van der Waals surface area contributed by atoms with Gasteiger partial charge in [-0.2, -0.15) is 0 Å². The molecule has 152 valence electrons. The van der Waals surface area contributed by atoms with Crippen LogP contribution in [0.25, 0.3) is 0 Å². The van der Waals surface area contributed by atoms with Gasteiger partial charge in [0, 0.05) is 19.1 Å². The minimum Gasteiger partial charge on any atom is -0.490 e. The molecule has 1 atom stereocenters. The van der Waals surface area contributed by atoms with Gasteiger partial charge in [-0.05, 0) is 74.6 Å². The fourth-order valence-electron chi connectivity index (χ4n) is 4.46. The summed E-state index contributed by atoms with van der Waals surface area (Å²) in [6, 6.07) is 4.77. The fraction of sp³-hybridized carbons (Fsp3) is 0.739. The zero-order chi connectivity index (χ0) is 19.7. The molecule has 4 nitrogen and oxygen atoms in total. The Kier molecular flexibility index (Phi) is 6.19. The molecular formula is C23H37NO3. The topological polar surface area (TPSA) is 41.9 Å². The highest BCUT2D eigenvalue weighted by atomic mass is 16.5. The van der Waals surface area contributed by atoms with Crippen LogP contribution in [-0.2, 0) is 4.74 Å². The molecule has 1 saturated heterocycles. The lowest BCUT2D eigenvalue weighted by atomic mass is 9.75. The summed E-state index contributed by atoms with van der Waals surface area (Å²) >= 11 is 0. The molecule has 1 aromatic carbocycles. The molecule has 0 aromatic heterocycles. The minimum atomic E-state index is -0.965. The lowest BCUT2D eigenvalue weighted by Crippen LogP contribution is -2.52. The summed E-state index contributed by atoms with van der Waals surface area (Å²) in [7, 11) is 0. The number of benzene rings is 1. The van der Waals surface area contributed by atoms with E-state index >= 15 is 0 Å². The number of aliphatic hydroxyl groups is 1. The summed E-state index contributed by atoms with van der Waals surface area (Å²) in [4.78, 5) is 2.44. The maximum atomic E-state index is 11.3. The second kappa shape index (κ2) is 8.10. The standard InChI is InChI=1S/C23H37NO3/c1-17-12-18(2)19(3)21(13-17)27-16-23(25)14-24(10-11-26-15-23)20-6-8-22(4,5)9-7-20/h12-13,20,25H,6-11,14-16H2,1-5H3/t23-/m0/s1. The van der Waals surface area contributed by atoms with Crippen LogP contribution in [-0.4, -0.2) is 54.6 Å². The Morgan fingerprint density at radius 3 is 2.59 bits per heavy atom. The maximum absolute atomic E-state index is 11.3. The highest BCUT2D eigenvalue weighted by Crippen LogP contribution is 2.37. The summed E-state index contributed by atoms with van der Waals surface area (Å²) in [5.74, 6) is 0.871. The van der Waals surface area contributed by atoms with Crippen molar-refractivity contribution in [1.29, 1.82) is 0 Å². The van der Waals surface area contributed by atoms with E-state index in [1.807, 2.05) is 0 Å². The largest absolute Gasteiger partial charge is 0.490 e. The molecule has 2 fully saturated rings. The van der Waals surface area contributed by atoms with Crippen molar-refractivity contribution >= 4 is 0 Å². The average molecular weight is 376 g/mol. The van der Waals surface area contributed by atoms with Crippen LogP contribution >= 0.6 is 0 Å². The Morgan fingerprint density at radius 1 is 1.19 bits per heavy atom. The molecule has 3 rings (SSSR count). The minimum absolute atomic E-state index is 0.269. The van der Waals surface area contributed by atoms with Crippen molar-refractivity contribution in [3.05, 3.63) is 28.8 Å². The molecule has 1 aromatic rings. The molecule has 27 heavy (non-hydrogen) atoms. The summed E-state index contributed by atoms with van der Waals surface area (Å²) in [5.41, 5.74) is 3.04. The Bertz CT molecular complexity index is 647. The number of hydrogen-bond donors (Lipinski definition) is 1. The van der Waals surface area contributed by atoms with E-state index < -0.39 is 5.60 Å². The quantitative estimate of drug-likeness (QED) is 0.863. The summed E-state index contributed by atoms with van der Waals surface area (Å²) in [5, 5.41) is 11.3. The molecule has 1 heterocycles. The summed E-state index contributed by atoms with van der Waals surface area (Å²) in [6.45, 7) is 13.8. The van der Waals surface area contributed by atoms with Crippen LogP contribution < -0.4 is 4.74 Å². The van der Waals surface area contributed by atoms with E-state index in [0.717, 1.165) is 17.9 Å². The Hall–Kier alpha value is -1.10. The zero-order valence-electron chi connectivity index (χ0n) is 17.8. The number of rotatable bonds is 4. The SMILES string of the molecule is Cc1cc(C)c(C)c(OC[C@@]2(O)COCCN(C3CCC(C)(C)CC3)C2)c1. The van der Waals surface area contributed by atoms with Gasteiger partial charge in [0.15, 0.2) is 0 Å². The van der Waals surface area contributed by atoms with E-state index in [2.05, 4.69) is 51.7 Å². The molecule has 0 radical (unpaired) electrons. The molecule has 0 bridgehead atoms. The van der Waals surface area contributed by atoms with E-state index in [4.69, 9.17) is 9.47 Å². The second-order valence-corrected chi connectivity index (χ2v) is 9.64. The van der Waals surface area contributed by atoms with Crippen molar-refractivity contribution in [2.45, 2.75) is 71.9 Å². The molecule has 0 spiro atoms. The van der Waals surface area contributed by atoms with Gasteiger partial charge < -0.3 is 14.6 Å². The molecule has 1 aliphatic carbocycles. The number of nitrogens with zero attached hydrogens (tertiary/aromatic N) is 1. The van der Waals surface area contributed by atoms with Gasteiger partial charge in [0.1, 0.15) is 18.0 Å². The van der Waals surface area contributed by atoms with Gasteiger partial charge in [-0.3, -0.25) is 4.90 Å². The van der Waals surface area contributed by atoms with Crippen LogP contribution in [0.1, 0.15) is 56.2 Å². The van der Waals surface area contributed by atoms with Crippen molar-refractivity contribution in [2.24, 2.45) is 5.41 Å². The van der Waals surface area contributed by atoms with Crippen molar-refractivity contribution in [2.75, 3.05) is 32.9 Å². The van der Waals surface area contributed by atoms with E-state index in [9.17, 15) is 5.11 Å². The van der Waals surface area contributed by atoms with Gasteiger partial charge in [0.05, 0.1) is 13.2 Å². The molecule has 1 aliphatic heterocycles. The predicted octanol–water partition coefficient (Wildman–Crippen LogP) is 4.02. The smallest absolute Gasteiger partial charge is 0.134 e. The third-order valence-corrected chi connectivity index (χ3v) is 6.48. The van der Waals surface area contributed by atoms with Gasteiger partial charge in [-0.25, -0.2) is 0 Å². The van der Waals surface area contributed by atoms with Gasteiger partial charge in [0.2, 0.25) is 0 Å². The molecule has 1 N–H and O–H groups in total. The van der Waals surface area contributed by atoms with Gasteiger partial charge in [0.25, 0.3) is 0 Å². The molecule has 1 saturated carbocycles. The first-order chi connectivity index (χ1) is 12.7. The summed E-state index contributed by atoms with van der Waals surface area (Å²) in [6.07, 6.45) is 4.93. The average Bonchev–Trinajstić information content (AvgIpc) is 2.79. The van der Waals surface area contributed by atoms with Crippen LogP contribution in [0.4, 0.5) is 0 Å². The van der Waals surface area contributed by atoms with Crippen molar-refractivity contribution in [3.8, 4) is 5.75 Å². The van der Waals surface area contributed by atoms with Crippen LogP contribution in [0.15, 0.2) is 12.1 Å². The van der Waals surface area contributed by atoms with Gasteiger partial charge >= 0.3 is 0 Å². The first kappa shape index (κ1) is 20.6. The fourth-order valence-corrected chi connectivity index (χ4v) is 4.46. The number of β-amino-alcohol motifs (C(OH)–C–C–N with tert-alkyl or cyclic N) is 1. The predicted molar refractivity (Wildman–Crippen MR) is 110 cm³/mol. The lowest BCUT2D eigenvalue weighted by molar-refractivity contribution is -0.0692. The van der Waals surface area contributed by atoms with Crippen molar-refractivity contribution in [3.63, 3.8) is 0 Å². The maximum Gasteiger partial charge on any atom is 0.134 e. The Labute approximate surface area is 164 Å². The monoisotopic (exact) mass is 375 g/mol. The van der Waals surface area contributed by atoms with E-state index in [0.29, 0.717) is 31.2 Å². The first-order valence-electron chi connectivity index (χ1n) is 10.4. The third-order valence-electron chi connectivity index (χ3n) is 6.48. The molecule has 0 amide bonds. The van der Waals surface area contributed by atoms with Crippen molar-refractivity contribution in [1.82, 2.24) is 4.90 Å². The zero-order valence-corrected chi connectivity index (χ0v) is 17.8. The summed E-state index contributed by atoms with van der Waals surface area (Å²) < 4.78 is 11.9. The lowest BCUT2D eigenvalue weighted by Gasteiger charge is -2.41. The van der Waals surface area contributed by atoms with E-state index in [-0.39, 0.29) is 6.61 Å². The normalized spacial score (nSPS) is 27.3. The number of ether oxygens (including phenoxy) is 2. The second-order valence-electron chi connectivity index (χ2n) is 9.64. The van der Waals surface area contributed by atoms with Crippen molar-refractivity contribution < 1.29 is 14.6 Å². The number of hydrogen-bond acceptors (Lipinski definition) is 4. The highest BCUT2D eigenvalue weighted by Gasteiger charge is 2.38.